The first-order chi connectivity index (χ1) is 13.7. The maximum atomic E-state index is 4.54. The number of hydrogen-bond acceptors (Lipinski definition) is 6. The second-order valence-corrected chi connectivity index (χ2v) is 7.33. The summed E-state index contributed by atoms with van der Waals surface area (Å²) >= 11 is 0. The number of rotatable bonds is 5. The maximum Gasteiger partial charge on any atom is 0.249 e. The first-order valence-corrected chi connectivity index (χ1v) is 9.83. The molecule has 2 aromatic carbocycles. The van der Waals surface area contributed by atoms with Crippen LogP contribution in [0.2, 0.25) is 0 Å². The predicted octanol–water partition coefficient (Wildman–Crippen LogP) is 4.97. The minimum absolute atomic E-state index is 0.473. The second kappa shape index (κ2) is 8.25. The van der Waals surface area contributed by atoms with E-state index in [-0.39, 0.29) is 0 Å². The zero-order valence-corrected chi connectivity index (χ0v) is 16.4. The van der Waals surface area contributed by atoms with Gasteiger partial charge in [0.1, 0.15) is 0 Å². The van der Waals surface area contributed by atoms with Crippen LogP contribution < -0.4 is 15.5 Å². The summed E-state index contributed by atoms with van der Waals surface area (Å²) in [6, 6.07) is 14.7. The van der Waals surface area contributed by atoms with E-state index in [0.717, 1.165) is 30.0 Å². The second-order valence-electron chi connectivity index (χ2n) is 7.33. The highest BCUT2D eigenvalue weighted by Gasteiger charge is 2.11. The Balaban J connectivity index is 1.45. The van der Waals surface area contributed by atoms with Gasteiger partial charge in [0.05, 0.1) is 6.20 Å². The Bertz CT molecular complexity index is 932. The predicted molar refractivity (Wildman–Crippen MR) is 115 cm³/mol. The molecule has 1 saturated heterocycles. The van der Waals surface area contributed by atoms with E-state index in [9.17, 15) is 0 Å². The van der Waals surface area contributed by atoms with Gasteiger partial charge in [-0.25, -0.2) is 0 Å². The fraction of sp³-hybridized carbons (Fsp3) is 0.318. The van der Waals surface area contributed by atoms with Crippen LogP contribution in [0.3, 0.4) is 0 Å². The molecule has 6 nitrogen and oxygen atoms in total. The van der Waals surface area contributed by atoms with Crippen molar-refractivity contribution in [2.24, 2.45) is 0 Å². The fourth-order valence-electron chi connectivity index (χ4n) is 3.46. The molecule has 0 radical (unpaired) electrons. The molecule has 3 aromatic rings. The summed E-state index contributed by atoms with van der Waals surface area (Å²) in [7, 11) is 0. The Morgan fingerprint density at radius 2 is 1.68 bits per heavy atom. The highest BCUT2D eigenvalue weighted by molar-refractivity contribution is 5.63. The summed E-state index contributed by atoms with van der Waals surface area (Å²) < 4.78 is 0. The van der Waals surface area contributed by atoms with Crippen LogP contribution in [0.15, 0.2) is 48.7 Å². The minimum atomic E-state index is 0.473. The lowest BCUT2D eigenvalue weighted by Crippen LogP contribution is -2.29. The number of benzene rings is 2. The molecule has 0 unspecified atom stereocenters. The molecule has 0 amide bonds. The lowest BCUT2D eigenvalue weighted by Gasteiger charge is -2.28. The van der Waals surface area contributed by atoms with Crippen molar-refractivity contribution in [3.05, 3.63) is 59.8 Å². The Labute approximate surface area is 166 Å². The summed E-state index contributed by atoms with van der Waals surface area (Å²) in [4.78, 5) is 6.98. The van der Waals surface area contributed by atoms with Crippen LogP contribution in [0.5, 0.6) is 0 Å². The molecule has 0 bridgehead atoms. The van der Waals surface area contributed by atoms with Crippen molar-refractivity contribution in [3.63, 3.8) is 0 Å². The van der Waals surface area contributed by atoms with E-state index in [4.69, 9.17) is 0 Å². The molecular formula is C22H26N6. The van der Waals surface area contributed by atoms with Crippen LogP contribution in [0.1, 0.15) is 30.4 Å². The molecule has 28 heavy (non-hydrogen) atoms. The van der Waals surface area contributed by atoms with Gasteiger partial charge >= 0.3 is 0 Å². The Morgan fingerprint density at radius 3 is 2.46 bits per heavy atom. The SMILES string of the molecule is Cc1ccc(C)c(Nc2cnnc(Nc3ccc(N4CCCCC4)cc3)n2)c1. The van der Waals surface area contributed by atoms with Gasteiger partial charge in [0.25, 0.3) is 0 Å². The topological polar surface area (TPSA) is 66.0 Å². The normalized spacial score (nSPS) is 14.0. The van der Waals surface area contributed by atoms with Crippen molar-refractivity contribution in [2.75, 3.05) is 28.6 Å². The molecular weight excluding hydrogens is 348 g/mol. The lowest BCUT2D eigenvalue weighted by molar-refractivity contribution is 0.578. The number of aryl methyl sites for hydroxylation is 2. The number of piperidine rings is 1. The lowest BCUT2D eigenvalue weighted by atomic mass is 10.1. The van der Waals surface area contributed by atoms with E-state index in [1.165, 1.54) is 30.5 Å². The van der Waals surface area contributed by atoms with Gasteiger partial charge in [0.2, 0.25) is 5.95 Å². The van der Waals surface area contributed by atoms with Crippen molar-refractivity contribution in [1.29, 1.82) is 0 Å². The third kappa shape index (κ3) is 4.39. The first kappa shape index (κ1) is 18.2. The largest absolute Gasteiger partial charge is 0.372 e. The third-order valence-electron chi connectivity index (χ3n) is 5.06. The molecule has 1 aliphatic heterocycles. The summed E-state index contributed by atoms with van der Waals surface area (Å²) in [5.74, 6) is 1.14. The van der Waals surface area contributed by atoms with E-state index in [1.54, 1.807) is 6.20 Å². The van der Waals surface area contributed by atoms with Gasteiger partial charge in [-0.05, 0) is 74.6 Å². The molecule has 6 heteroatoms. The monoisotopic (exact) mass is 374 g/mol. The van der Waals surface area contributed by atoms with E-state index in [0.29, 0.717) is 11.8 Å². The number of aromatic nitrogens is 3. The number of nitrogens with one attached hydrogen (secondary N) is 2. The van der Waals surface area contributed by atoms with E-state index in [2.05, 4.69) is 87.0 Å². The van der Waals surface area contributed by atoms with Crippen molar-refractivity contribution in [2.45, 2.75) is 33.1 Å². The summed E-state index contributed by atoms with van der Waals surface area (Å²) in [5, 5.41) is 14.8. The van der Waals surface area contributed by atoms with Crippen molar-refractivity contribution in [1.82, 2.24) is 15.2 Å². The summed E-state index contributed by atoms with van der Waals surface area (Å²) in [5.41, 5.74) is 5.60. The van der Waals surface area contributed by atoms with Crippen LogP contribution >= 0.6 is 0 Å². The highest BCUT2D eigenvalue weighted by Crippen LogP contribution is 2.24. The summed E-state index contributed by atoms with van der Waals surface area (Å²) in [6.07, 6.45) is 5.53. The molecule has 2 N–H and O–H groups in total. The molecule has 1 aromatic heterocycles. The third-order valence-corrected chi connectivity index (χ3v) is 5.06. The van der Waals surface area contributed by atoms with E-state index in [1.807, 2.05) is 0 Å². The van der Waals surface area contributed by atoms with Gasteiger partial charge in [-0.2, -0.15) is 10.1 Å². The molecule has 0 spiro atoms. The number of nitrogens with zero attached hydrogens (tertiary/aromatic N) is 4. The van der Waals surface area contributed by atoms with Gasteiger partial charge in [-0.3, -0.25) is 0 Å². The Hall–Kier alpha value is -3.15. The fourth-order valence-corrected chi connectivity index (χ4v) is 3.46. The van der Waals surface area contributed by atoms with Gasteiger partial charge in [-0.1, -0.05) is 12.1 Å². The maximum absolute atomic E-state index is 4.54. The summed E-state index contributed by atoms with van der Waals surface area (Å²) in [6.45, 7) is 6.43. The van der Waals surface area contributed by atoms with E-state index < -0.39 is 0 Å². The molecule has 2 heterocycles. The average molecular weight is 374 g/mol. The van der Waals surface area contributed by atoms with Gasteiger partial charge in [-0.15, -0.1) is 5.10 Å². The molecule has 4 rings (SSSR count). The van der Waals surface area contributed by atoms with Crippen LogP contribution in [0.25, 0.3) is 0 Å². The quantitative estimate of drug-likeness (QED) is 0.657. The first-order valence-electron chi connectivity index (χ1n) is 9.83. The molecule has 0 saturated carbocycles. The van der Waals surface area contributed by atoms with E-state index >= 15 is 0 Å². The molecule has 0 atom stereocenters. The smallest absolute Gasteiger partial charge is 0.249 e. The Morgan fingerprint density at radius 1 is 0.893 bits per heavy atom. The molecule has 1 fully saturated rings. The van der Waals surface area contributed by atoms with Gasteiger partial charge in [0, 0.05) is 30.2 Å². The van der Waals surface area contributed by atoms with Crippen LogP contribution in [-0.2, 0) is 0 Å². The van der Waals surface area contributed by atoms with Crippen LogP contribution in [0, 0.1) is 13.8 Å². The average Bonchev–Trinajstić information content (AvgIpc) is 2.72. The standard InChI is InChI=1S/C22H26N6/c1-16-6-7-17(2)20(14-16)25-21-15-23-27-22(26-21)24-18-8-10-19(11-9-18)28-12-4-3-5-13-28/h6-11,14-15H,3-5,12-13H2,1-2H3,(H2,24,25,26,27). The highest BCUT2D eigenvalue weighted by atomic mass is 15.3. The van der Waals surface area contributed by atoms with Crippen molar-refractivity contribution in [3.8, 4) is 0 Å². The number of anilines is 5. The van der Waals surface area contributed by atoms with Crippen molar-refractivity contribution < 1.29 is 0 Å². The number of hydrogen-bond donors (Lipinski definition) is 2. The minimum Gasteiger partial charge on any atom is -0.372 e. The van der Waals surface area contributed by atoms with Gasteiger partial charge in [0.15, 0.2) is 5.82 Å². The Kier molecular flexibility index (Phi) is 5.37. The van der Waals surface area contributed by atoms with Crippen LogP contribution in [-0.4, -0.2) is 28.3 Å². The molecule has 0 aliphatic carbocycles. The molecule has 1 aliphatic rings. The van der Waals surface area contributed by atoms with Gasteiger partial charge < -0.3 is 15.5 Å². The van der Waals surface area contributed by atoms with Crippen molar-refractivity contribution >= 4 is 28.8 Å². The zero-order chi connectivity index (χ0) is 19.3. The van der Waals surface area contributed by atoms with Crippen LogP contribution in [0.4, 0.5) is 28.8 Å². The molecule has 144 valence electrons. The zero-order valence-electron chi connectivity index (χ0n) is 16.4.